The van der Waals surface area contributed by atoms with Crippen molar-refractivity contribution in [3.8, 4) is 0 Å². The maximum atomic E-state index is 12.7. The van der Waals surface area contributed by atoms with Crippen LogP contribution in [0.1, 0.15) is 22.8 Å². The Morgan fingerprint density at radius 3 is 2.43 bits per heavy atom. The Bertz CT molecular complexity index is 818. The summed E-state index contributed by atoms with van der Waals surface area (Å²) < 4.78 is 23.3. The van der Waals surface area contributed by atoms with E-state index in [1.165, 1.54) is 12.1 Å². The van der Waals surface area contributed by atoms with Crippen LogP contribution >= 0.6 is 11.6 Å². The van der Waals surface area contributed by atoms with Crippen molar-refractivity contribution in [1.82, 2.24) is 4.90 Å². The SMILES string of the molecule is CCN(Cc1ccccc1Cl)C(=O)c1cccc(S(C)(=O)=O)c1. The van der Waals surface area contributed by atoms with E-state index in [4.69, 9.17) is 11.6 Å². The van der Waals surface area contributed by atoms with Crippen LogP contribution in [-0.2, 0) is 16.4 Å². The molecule has 4 nitrogen and oxygen atoms in total. The highest BCUT2D eigenvalue weighted by atomic mass is 35.5. The Kier molecular flexibility index (Phi) is 5.44. The van der Waals surface area contributed by atoms with E-state index < -0.39 is 9.84 Å². The number of rotatable bonds is 5. The first kappa shape index (κ1) is 17.5. The van der Waals surface area contributed by atoms with Gasteiger partial charge >= 0.3 is 0 Å². The molecule has 0 N–H and O–H groups in total. The fourth-order valence-electron chi connectivity index (χ4n) is 2.20. The van der Waals surface area contributed by atoms with Gasteiger partial charge in [0.1, 0.15) is 0 Å². The Morgan fingerprint density at radius 1 is 1.13 bits per heavy atom. The molecule has 0 saturated carbocycles. The number of carbonyl (C=O) groups is 1. The molecule has 0 unspecified atom stereocenters. The largest absolute Gasteiger partial charge is 0.335 e. The number of amides is 1. The van der Waals surface area contributed by atoms with E-state index in [-0.39, 0.29) is 10.8 Å². The van der Waals surface area contributed by atoms with E-state index in [2.05, 4.69) is 0 Å². The molecule has 122 valence electrons. The van der Waals surface area contributed by atoms with Crippen LogP contribution in [0.4, 0.5) is 0 Å². The Morgan fingerprint density at radius 2 is 1.83 bits per heavy atom. The molecular weight excluding hydrogens is 334 g/mol. The molecule has 0 aliphatic rings. The summed E-state index contributed by atoms with van der Waals surface area (Å²) in [5.41, 5.74) is 1.20. The van der Waals surface area contributed by atoms with Gasteiger partial charge < -0.3 is 4.90 Å². The molecule has 0 aromatic heterocycles. The van der Waals surface area contributed by atoms with Crippen LogP contribution in [0, 0.1) is 0 Å². The molecule has 0 aliphatic heterocycles. The number of hydrogen-bond acceptors (Lipinski definition) is 3. The van der Waals surface area contributed by atoms with Gasteiger partial charge in [0.15, 0.2) is 9.84 Å². The van der Waals surface area contributed by atoms with Gasteiger partial charge in [0.2, 0.25) is 0 Å². The van der Waals surface area contributed by atoms with Gasteiger partial charge in [-0.1, -0.05) is 35.9 Å². The third-order valence-electron chi connectivity index (χ3n) is 3.50. The van der Waals surface area contributed by atoms with E-state index in [0.29, 0.717) is 23.7 Å². The monoisotopic (exact) mass is 351 g/mol. The molecule has 6 heteroatoms. The van der Waals surface area contributed by atoms with Crippen LogP contribution in [0.5, 0.6) is 0 Å². The molecule has 0 saturated heterocycles. The smallest absolute Gasteiger partial charge is 0.254 e. The first-order chi connectivity index (χ1) is 10.8. The van der Waals surface area contributed by atoms with E-state index in [0.717, 1.165) is 11.8 Å². The van der Waals surface area contributed by atoms with Crippen molar-refractivity contribution in [2.75, 3.05) is 12.8 Å². The van der Waals surface area contributed by atoms with Gasteiger partial charge in [-0.05, 0) is 36.8 Å². The fourth-order valence-corrected chi connectivity index (χ4v) is 3.06. The van der Waals surface area contributed by atoms with Crippen molar-refractivity contribution < 1.29 is 13.2 Å². The minimum atomic E-state index is -3.35. The molecule has 0 atom stereocenters. The Hall–Kier alpha value is -1.85. The number of nitrogens with zero attached hydrogens (tertiary/aromatic N) is 1. The van der Waals surface area contributed by atoms with Crippen LogP contribution in [0.15, 0.2) is 53.4 Å². The lowest BCUT2D eigenvalue weighted by Crippen LogP contribution is -2.30. The topological polar surface area (TPSA) is 54.5 Å². The van der Waals surface area contributed by atoms with E-state index in [9.17, 15) is 13.2 Å². The molecule has 0 aliphatic carbocycles. The minimum absolute atomic E-state index is 0.136. The number of hydrogen-bond donors (Lipinski definition) is 0. The second-order valence-electron chi connectivity index (χ2n) is 5.21. The molecule has 2 aromatic rings. The van der Waals surface area contributed by atoms with E-state index in [1.807, 2.05) is 25.1 Å². The zero-order valence-corrected chi connectivity index (χ0v) is 14.6. The average molecular weight is 352 g/mol. The maximum Gasteiger partial charge on any atom is 0.254 e. The van der Waals surface area contributed by atoms with Gasteiger partial charge in [-0.25, -0.2) is 8.42 Å². The average Bonchev–Trinajstić information content (AvgIpc) is 2.53. The van der Waals surface area contributed by atoms with Crippen molar-refractivity contribution in [3.63, 3.8) is 0 Å². The van der Waals surface area contributed by atoms with Crippen molar-refractivity contribution in [1.29, 1.82) is 0 Å². The van der Waals surface area contributed by atoms with Gasteiger partial charge in [-0.2, -0.15) is 0 Å². The number of benzene rings is 2. The highest BCUT2D eigenvalue weighted by molar-refractivity contribution is 7.90. The Labute approximate surface area is 141 Å². The molecular formula is C17H18ClNO3S. The zero-order valence-electron chi connectivity index (χ0n) is 13.0. The predicted octanol–water partition coefficient (Wildman–Crippen LogP) is 3.41. The fraction of sp³-hybridized carbons (Fsp3) is 0.235. The molecule has 0 fully saturated rings. The molecule has 0 bridgehead atoms. The molecule has 2 rings (SSSR count). The summed E-state index contributed by atoms with van der Waals surface area (Å²) in [6.45, 7) is 2.74. The summed E-state index contributed by atoms with van der Waals surface area (Å²) in [4.78, 5) is 14.4. The summed E-state index contributed by atoms with van der Waals surface area (Å²) in [5.74, 6) is -0.224. The maximum absolute atomic E-state index is 12.7. The molecule has 23 heavy (non-hydrogen) atoms. The first-order valence-electron chi connectivity index (χ1n) is 7.15. The molecule has 2 aromatic carbocycles. The van der Waals surface area contributed by atoms with E-state index in [1.54, 1.807) is 23.1 Å². The summed E-state index contributed by atoms with van der Waals surface area (Å²) in [6, 6.07) is 13.4. The van der Waals surface area contributed by atoms with Crippen LogP contribution in [0.3, 0.4) is 0 Å². The van der Waals surface area contributed by atoms with Crippen molar-refractivity contribution in [2.45, 2.75) is 18.4 Å². The standard InChI is InChI=1S/C17H18ClNO3S/c1-3-19(12-14-7-4-5-10-16(14)18)17(20)13-8-6-9-15(11-13)23(2,21)22/h4-11H,3,12H2,1-2H3. The molecule has 0 heterocycles. The van der Waals surface area contributed by atoms with Crippen LogP contribution in [0.2, 0.25) is 5.02 Å². The highest BCUT2D eigenvalue weighted by Crippen LogP contribution is 2.19. The van der Waals surface area contributed by atoms with Crippen LogP contribution < -0.4 is 0 Å². The summed E-state index contributed by atoms with van der Waals surface area (Å²) in [5, 5.41) is 0.601. The van der Waals surface area contributed by atoms with Gasteiger partial charge in [-0.15, -0.1) is 0 Å². The van der Waals surface area contributed by atoms with Crippen LogP contribution in [-0.4, -0.2) is 32.0 Å². The normalized spacial score (nSPS) is 11.3. The lowest BCUT2D eigenvalue weighted by Gasteiger charge is -2.22. The highest BCUT2D eigenvalue weighted by Gasteiger charge is 2.17. The van der Waals surface area contributed by atoms with Crippen LogP contribution in [0.25, 0.3) is 0 Å². The summed E-state index contributed by atoms with van der Waals surface area (Å²) in [7, 11) is -3.35. The molecule has 0 spiro atoms. The zero-order chi connectivity index (χ0) is 17.0. The lowest BCUT2D eigenvalue weighted by atomic mass is 10.1. The van der Waals surface area contributed by atoms with Crippen molar-refractivity contribution in [3.05, 3.63) is 64.7 Å². The number of halogens is 1. The summed E-state index contributed by atoms with van der Waals surface area (Å²) in [6.07, 6.45) is 1.12. The lowest BCUT2D eigenvalue weighted by molar-refractivity contribution is 0.0752. The molecule has 1 amide bonds. The second kappa shape index (κ2) is 7.15. The van der Waals surface area contributed by atoms with Gasteiger partial charge in [0.05, 0.1) is 4.90 Å². The number of sulfone groups is 1. The Balaban J connectivity index is 2.29. The van der Waals surface area contributed by atoms with E-state index >= 15 is 0 Å². The molecule has 0 radical (unpaired) electrons. The van der Waals surface area contributed by atoms with Crippen molar-refractivity contribution in [2.24, 2.45) is 0 Å². The minimum Gasteiger partial charge on any atom is -0.335 e. The quantitative estimate of drug-likeness (QED) is 0.829. The summed E-state index contributed by atoms with van der Waals surface area (Å²) >= 11 is 6.14. The van der Waals surface area contributed by atoms with Crippen molar-refractivity contribution >= 4 is 27.3 Å². The van der Waals surface area contributed by atoms with Gasteiger partial charge in [0.25, 0.3) is 5.91 Å². The first-order valence-corrected chi connectivity index (χ1v) is 9.42. The van der Waals surface area contributed by atoms with Gasteiger partial charge in [0, 0.05) is 29.9 Å². The third kappa shape index (κ3) is 4.33. The second-order valence-corrected chi connectivity index (χ2v) is 7.63. The third-order valence-corrected chi connectivity index (χ3v) is 4.98. The number of carbonyl (C=O) groups excluding carboxylic acids is 1. The predicted molar refractivity (Wildman–Crippen MR) is 91.4 cm³/mol. The van der Waals surface area contributed by atoms with Gasteiger partial charge in [-0.3, -0.25) is 4.79 Å².